The molecule has 7 nitrogen and oxygen atoms in total. The number of hydrogen-bond acceptors (Lipinski definition) is 6. The predicted octanol–water partition coefficient (Wildman–Crippen LogP) is 1.90. The van der Waals surface area contributed by atoms with Crippen molar-refractivity contribution in [3.63, 3.8) is 0 Å². The number of esters is 1. The van der Waals surface area contributed by atoms with Gasteiger partial charge >= 0.3 is 5.97 Å². The summed E-state index contributed by atoms with van der Waals surface area (Å²) in [6.45, 7) is 5.45. The largest absolute Gasteiger partial charge is 0.467 e. The van der Waals surface area contributed by atoms with Crippen LogP contribution >= 0.6 is 0 Å². The molecule has 1 aromatic carbocycles. The zero-order chi connectivity index (χ0) is 19.3. The lowest BCUT2D eigenvalue weighted by molar-refractivity contribution is -0.169. The Kier molecular flexibility index (Phi) is 4.13. The van der Waals surface area contributed by atoms with Gasteiger partial charge in [-0.3, -0.25) is 14.5 Å². The summed E-state index contributed by atoms with van der Waals surface area (Å²) in [5, 5.41) is 0. The van der Waals surface area contributed by atoms with Gasteiger partial charge < -0.3 is 9.47 Å². The Labute approximate surface area is 152 Å². The van der Waals surface area contributed by atoms with Crippen molar-refractivity contribution < 1.29 is 23.9 Å². The van der Waals surface area contributed by atoms with E-state index >= 15 is 0 Å². The van der Waals surface area contributed by atoms with E-state index in [1.807, 2.05) is 13.8 Å². The van der Waals surface area contributed by atoms with Gasteiger partial charge in [-0.15, -0.1) is 0 Å². The first-order chi connectivity index (χ1) is 12.2. The minimum absolute atomic E-state index is 0.0205. The van der Waals surface area contributed by atoms with Gasteiger partial charge in [0.25, 0.3) is 11.8 Å². The van der Waals surface area contributed by atoms with Crippen molar-refractivity contribution in [2.24, 2.45) is 10.9 Å². The third-order valence-corrected chi connectivity index (χ3v) is 4.91. The van der Waals surface area contributed by atoms with Crippen molar-refractivity contribution >= 4 is 23.7 Å². The molecule has 0 radical (unpaired) electrons. The highest BCUT2D eigenvalue weighted by molar-refractivity contribution is 6.16. The van der Waals surface area contributed by atoms with Crippen molar-refractivity contribution in [3.05, 3.63) is 35.4 Å². The van der Waals surface area contributed by atoms with Crippen LogP contribution in [0, 0.1) is 5.92 Å². The lowest BCUT2D eigenvalue weighted by atomic mass is 9.67. The maximum absolute atomic E-state index is 13.4. The monoisotopic (exact) mass is 358 g/mol. The molecule has 7 heteroatoms. The van der Waals surface area contributed by atoms with Gasteiger partial charge in [0.2, 0.25) is 11.1 Å². The summed E-state index contributed by atoms with van der Waals surface area (Å²) < 4.78 is 11.1. The number of aliphatic imine (C=N–C) groups is 1. The van der Waals surface area contributed by atoms with E-state index in [0.717, 1.165) is 4.90 Å². The molecule has 2 aliphatic rings. The van der Waals surface area contributed by atoms with Crippen LogP contribution < -0.4 is 0 Å². The van der Waals surface area contributed by atoms with E-state index in [4.69, 9.17) is 9.47 Å². The fourth-order valence-electron chi connectivity index (χ4n) is 4.00. The van der Waals surface area contributed by atoms with Crippen molar-refractivity contribution in [2.45, 2.75) is 38.3 Å². The van der Waals surface area contributed by atoms with Gasteiger partial charge in [-0.05, 0) is 18.4 Å². The molecule has 0 saturated carbocycles. The second kappa shape index (κ2) is 5.93. The Morgan fingerprint density at radius 3 is 2.58 bits per heavy atom. The van der Waals surface area contributed by atoms with Gasteiger partial charge in [0, 0.05) is 25.1 Å². The van der Waals surface area contributed by atoms with Crippen LogP contribution in [-0.2, 0) is 24.7 Å². The molecule has 0 aliphatic carbocycles. The average Bonchev–Trinajstić information content (AvgIpc) is 2.90. The maximum atomic E-state index is 13.4. The van der Waals surface area contributed by atoms with Gasteiger partial charge in [0.05, 0.1) is 7.11 Å². The zero-order valence-corrected chi connectivity index (χ0v) is 15.5. The third kappa shape index (κ3) is 2.12. The van der Waals surface area contributed by atoms with E-state index in [-0.39, 0.29) is 18.2 Å². The molecule has 0 fully saturated rings. The maximum Gasteiger partial charge on any atom is 0.339 e. The van der Waals surface area contributed by atoms with E-state index in [2.05, 4.69) is 4.99 Å². The van der Waals surface area contributed by atoms with Crippen LogP contribution in [-0.4, -0.2) is 48.3 Å². The lowest BCUT2D eigenvalue weighted by Gasteiger charge is -2.44. The van der Waals surface area contributed by atoms with E-state index in [0.29, 0.717) is 11.1 Å². The quantitative estimate of drug-likeness (QED) is 0.608. The second-order valence-corrected chi connectivity index (χ2v) is 7.08. The number of carbonyl (C=O) groups excluding carboxylic acids is 3. The first kappa shape index (κ1) is 18.1. The highest BCUT2D eigenvalue weighted by atomic mass is 16.6. The molecule has 26 heavy (non-hydrogen) atoms. The summed E-state index contributed by atoms with van der Waals surface area (Å²) in [4.78, 5) is 44.4. The Morgan fingerprint density at radius 1 is 1.31 bits per heavy atom. The van der Waals surface area contributed by atoms with Crippen LogP contribution in [0.15, 0.2) is 29.3 Å². The Balaban J connectivity index is 2.39. The van der Waals surface area contributed by atoms with Crippen molar-refractivity contribution in [1.82, 2.24) is 4.90 Å². The summed E-state index contributed by atoms with van der Waals surface area (Å²) in [7, 11) is 2.64. The molecule has 0 unspecified atom stereocenters. The number of ether oxygens (including phenoxy) is 2. The number of amides is 2. The fraction of sp³-hybridized carbons (Fsp3) is 0.474. The summed E-state index contributed by atoms with van der Waals surface area (Å²) in [6.07, 6.45) is 0.235. The number of fused-ring (bicyclic) bond motifs is 2. The molecule has 0 saturated heterocycles. The Hall–Kier alpha value is -2.70. The van der Waals surface area contributed by atoms with Gasteiger partial charge in [0.1, 0.15) is 0 Å². The average molecular weight is 358 g/mol. The van der Waals surface area contributed by atoms with E-state index in [1.165, 1.54) is 14.2 Å². The number of methoxy groups -OCH3 is 1. The normalized spacial score (nSPS) is 27.5. The first-order valence-electron chi connectivity index (χ1n) is 8.47. The van der Waals surface area contributed by atoms with Crippen LogP contribution in [0.25, 0.3) is 0 Å². The summed E-state index contributed by atoms with van der Waals surface area (Å²) in [6, 6.07) is 6.68. The molecule has 2 atom stereocenters. The van der Waals surface area contributed by atoms with Crippen molar-refractivity contribution in [1.29, 1.82) is 0 Å². The molecule has 0 N–H and O–H groups in total. The molecule has 2 amide bonds. The van der Waals surface area contributed by atoms with Gasteiger partial charge in [-0.2, -0.15) is 0 Å². The van der Waals surface area contributed by atoms with Crippen LogP contribution in [0.5, 0.6) is 0 Å². The number of benzene rings is 1. The van der Waals surface area contributed by atoms with Crippen LogP contribution in [0.1, 0.15) is 43.1 Å². The van der Waals surface area contributed by atoms with Crippen LogP contribution in [0.3, 0.4) is 0 Å². The molecular formula is C19H22N2O5. The number of imide groups is 1. The Bertz CT molecular complexity index is 831. The smallest absolute Gasteiger partial charge is 0.339 e. The van der Waals surface area contributed by atoms with E-state index in [9.17, 15) is 14.4 Å². The molecule has 138 valence electrons. The zero-order valence-electron chi connectivity index (χ0n) is 15.5. The molecule has 0 aromatic heterocycles. The molecule has 1 aromatic rings. The SMILES string of the molecule is COC(=O)[C@@]1(CC(C)C)N=C(C)O[C@]12C(=O)N(C)C(=O)c1ccccc12. The second-order valence-electron chi connectivity index (χ2n) is 7.08. The summed E-state index contributed by atoms with van der Waals surface area (Å²) in [5.41, 5.74) is -2.69. The third-order valence-electron chi connectivity index (χ3n) is 4.91. The summed E-state index contributed by atoms with van der Waals surface area (Å²) in [5.74, 6) is -1.48. The predicted molar refractivity (Wildman–Crippen MR) is 93.6 cm³/mol. The van der Waals surface area contributed by atoms with Gasteiger partial charge in [-0.25, -0.2) is 9.79 Å². The van der Waals surface area contributed by atoms with Crippen molar-refractivity contribution in [2.75, 3.05) is 14.2 Å². The molecular weight excluding hydrogens is 336 g/mol. The number of nitrogens with zero attached hydrogens (tertiary/aromatic N) is 2. The van der Waals surface area contributed by atoms with E-state index in [1.54, 1.807) is 31.2 Å². The molecule has 2 aliphatic heterocycles. The highest BCUT2D eigenvalue weighted by Gasteiger charge is 2.72. The fourth-order valence-corrected chi connectivity index (χ4v) is 4.00. The lowest BCUT2D eigenvalue weighted by Crippen LogP contribution is -2.66. The molecule has 1 spiro atoms. The topological polar surface area (TPSA) is 85.3 Å². The van der Waals surface area contributed by atoms with E-state index < -0.39 is 28.9 Å². The highest BCUT2D eigenvalue weighted by Crippen LogP contribution is 2.52. The standard InChI is InChI=1S/C19H22N2O5/c1-11(2)10-18(17(24)25-5)19(26-12(3)20-18)14-9-7-6-8-13(14)15(22)21(4)16(19)23/h6-9,11H,10H2,1-5H3/t18-,19-/m1/s1. The Morgan fingerprint density at radius 2 is 1.96 bits per heavy atom. The first-order valence-corrected chi connectivity index (χ1v) is 8.47. The minimum atomic E-state index is -1.76. The number of carbonyl (C=O) groups is 3. The number of likely N-dealkylation sites (N-methyl/N-ethyl adjacent to an activating group) is 1. The number of hydrogen-bond donors (Lipinski definition) is 0. The molecule has 3 rings (SSSR count). The van der Waals surface area contributed by atoms with Gasteiger partial charge in [-0.1, -0.05) is 32.0 Å². The summed E-state index contributed by atoms with van der Waals surface area (Å²) >= 11 is 0. The number of rotatable bonds is 3. The van der Waals surface area contributed by atoms with Crippen LogP contribution in [0.4, 0.5) is 0 Å². The van der Waals surface area contributed by atoms with Crippen LogP contribution in [0.2, 0.25) is 0 Å². The molecule has 2 heterocycles. The van der Waals surface area contributed by atoms with Crippen molar-refractivity contribution in [3.8, 4) is 0 Å². The van der Waals surface area contributed by atoms with Gasteiger partial charge in [0.15, 0.2) is 5.90 Å². The molecule has 0 bridgehead atoms. The minimum Gasteiger partial charge on any atom is -0.467 e.